The first-order chi connectivity index (χ1) is 11.7. The fourth-order valence-corrected chi connectivity index (χ4v) is 2.19. The van der Waals surface area contributed by atoms with Crippen LogP contribution in [0.25, 0.3) is 0 Å². The van der Waals surface area contributed by atoms with Crippen molar-refractivity contribution in [3.05, 3.63) is 78.2 Å². The van der Waals surface area contributed by atoms with Crippen LogP contribution in [0.15, 0.2) is 67.0 Å². The molecule has 1 heterocycles. The molecule has 0 unspecified atom stereocenters. The van der Waals surface area contributed by atoms with E-state index in [-0.39, 0.29) is 5.91 Å². The van der Waals surface area contributed by atoms with Crippen molar-refractivity contribution >= 4 is 23.1 Å². The smallest absolute Gasteiger partial charge is 0.255 e. The van der Waals surface area contributed by atoms with E-state index in [0.29, 0.717) is 17.9 Å². The lowest BCUT2D eigenvalue weighted by Crippen LogP contribution is -2.12. The number of rotatable bonds is 5. The van der Waals surface area contributed by atoms with Gasteiger partial charge in [-0.05, 0) is 30.3 Å². The maximum atomic E-state index is 12.3. The van der Waals surface area contributed by atoms with E-state index >= 15 is 0 Å². The largest absolute Gasteiger partial charge is 0.340 e. The summed E-state index contributed by atoms with van der Waals surface area (Å²) < 4.78 is 0. The van der Waals surface area contributed by atoms with Crippen molar-refractivity contribution < 1.29 is 4.79 Å². The van der Waals surface area contributed by atoms with E-state index in [2.05, 4.69) is 20.6 Å². The number of benzene rings is 2. The predicted molar refractivity (Wildman–Crippen MR) is 94.0 cm³/mol. The molecule has 1 amide bonds. The summed E-state index contributed by atoms with van der Waals surface area (Å²) in [6.45, 7) is 0.344. The molecule has 0 aliphatic carbocycles. The Kier molecular flexibility index (Phi) is 4.78. The van der Waals surface area contributed by atoms with Gasteiger partial charge in [-0.15, -0.1) is 0 Å². The van der Waals surface area contributed by atoms with Gasteiger partial charge in [-0.1, -0.05) is 24.3 Å². The van der Waals surface area contributed by atoms with Crippen molar-refractivity contribution in [1.82, 2.24) is 9.97 Å². The van der Waals surface area contributed by atoms with Crippen LogP contribution in [0, 0.1) is 0 Å². The lowest BCUT2D eigenvalue weighted by Gasteiger charge is -2.09. The first-order valence-corrected chi connectivity index (χ1v) is 7.49. The van der Waals surface area contributed by atoms with Gasteiger partial charge >= 0.3 is 0 Å². The minimum Gasteiger partial charge on any atom is -0.340 e. The molecular weight excluding hydrogens is 302 g/mol. The van der Waals surface area contributed by atoms with Crippen LogP contribution in [0.2, 0.25) is 0 Å². The number of amides is 1. The molecule has 24 heavy (non-hydrogen) atoms. The minimum atomic E-state index is -0.171. The van der Waals surface area contributed by atoms with Gasteiger partial charge in [0.05, 0.1) is 5.69 Å². The topological polar surface area (TPSA) is 92.9 Å². The molecule has 0 bridgehead atoms. The summed E-state index contributed by atoms with van der Waals surface area (Å²) in [7, 11) is 0. The highest BCUT2D eigenvalue weighted by molar-refractivity contribution is 6.04. The van der Waals surface area contributed by atoms with Crippen molar-refractivity contribution in [3.63, 3.8) is 0 Å². The summed E-state index contributed by atoms with van der Waals surface area (Å²) in [5.41, 5.74) is 8.39. The highest BCUT2D eigenvalue weighted by atomic mass is 16.1. The fraction of sp³-hybridized carbons (Fsp3) is 0.0556. The number of nitrogens with zero attached hydrogens (tertiary/aromatic N) is 2. The summed E-state index contributed by atoms with van der Waals surface area (Å²) in [5, 5.41) is 6.01. The Bertz CT molecular complexity index is 836. The molecule has 3 rings (SSSR count). The Balaban J connectivity index is 1.75. The number of nitrogens with two attached hydrogens (primary N) is 1. The van der Waals surface area contributed by atoms with Gasteiger partial charge in [0.15, 0.2) is 0 Å². The maximum absolute atomic E-state index is 12.3. The average molecular weight is 319 g/mol. The van der Waals surface area contributed by atoms with Crippen molar-refractivity contribution in [1.29, 1.82) is 0 Å². The highest BCUT2D eigenvalue weighted by Crippen LogP contribution is 2.17. The van der Waals surface area contributed by atoms with E-state index in [1.807, 2.05) is 42.5 Å². The summed E-state index contributed by atoms with van der Waals surface area (Å²) in [5.74, 6) is 0.459. The second kappa shape index (κ2) is 7.34. The number of hydrogen-bond acceptors (Lipinski definition) is 5. The maximum Gasteiger partial charge on any atom is 0.255 e. The van der Waals surface area contributed by atoms with E-state index in [4.69, 9.17) is 5.73 Å². The lowest BCUT2D eigenvalue weighted by atomic mass is 10.2. The number of anilines is 3. The van der Waals surface area contributed by atoms with Crippen LogP contribution in [0.5, 0.6) is 0 Å². The molecule has 4 N–H and O–H groups in total. The minimum absolute atomic E-state index is 0.171. The monoisotopic (exact) mass is 319 g/mol. The molecule has 0 saturated carbocycles. The van der Waals surface area contributed by atoms with E-state index in [0.717, 1.165) is 17.1 Å². The quantitative estimate of drug-likeness (QED) is 0.672. The van der Waals surface area contributed by atoms with Crippen LogP contribution in [-0.2, 0) is 6.54 Å². The second-order valence-electron chi connectivity index (χ2n) is 5.12. The molecule has 0 aliphatic rings. The Morgan fingerprint density at radius 3 is 2.54 bits per heavy atom. The van der Waals surface area contributed by atoms with Gasteiger partial charge in [-0.3, -0.25) is 4.79 Å². The lowest BCUT2D eigenvalue weighted by molar-refractivity contribution is 0.102. The number of hydrogen-bond donors (Lipinski definition) is 3. The molecule has 6 heteroatoms. The predicted octanol–water partition coefficient (Wildman–Crippen LogP) is 2.93. The van der Waals surface area contributed by atoms with E-state index in [1.54, 1.807) is 18.2 Å². The third kappa shape index (κ3) is 3.93. The number of carbonyl (C=O) groups is 1. The number of carbonyl (C=O) groups excluding carboxylic acids is 1. The summed E-state index contributed by atoms with van der Waals surface area (Å²) >= 11 is 0. The molecule has 0 saturated heterocycles. The van der Waals surface area contributed by atoms with Crippen LogP contribution < -0.4 is 16.4 Å². The molecule has 0 spiro atoms. The van der Waals surface area contributed by atoms with Gasteiger partial charge in [-0.25, -0.2) is 9.97 Å². The Hall–Kier alpha value is -3.25. The average Bonchev–Trinajstić information content (AvgIpc) is 2.63. The molecule has 0 aliphatic heterocycles. The third-order valence-corrected chi connectivity index (χ3v) is 3.36. The molecule has 2 aromatic carbocycles. The zero-order chi connectivity index (χ0) is 16.8. The van der Waals surface area contributed by atoms with E-state index < -0.39 is 0 Å². The van der Waals surface area contributed by atoms with E-state index in [9.17, 15) is 4.79 Å². The van der Waals surface area contributed by atoms with Gasteiger partial charge in [0.25, 0.3) is 5.91 Å². The van der Waals surface area contributed by atoms with Gasteiger partial charge in [0, 0.05) is 29.5 Å². The third-order valence-electron chi connectivity index (χ3n) is 3.36. The number of nitrogens with one attached hydrogen (secondary N) is 2. The SMILES string of the molecule is NCc1cc(Nc2cccc(C(=O)Nc3ccccc3)c2)ncn1. The molecule has 3 aromatic rings. The zero-order valence-corrected chi connectivity index (χ0v) is 12.9. The van der Waals surface area contributed by atoms with Gasteiger partial charge in [0.1, 0.15) is 12.1 Å². The van der Waals surface area contributed by atoms with Gasteiger partial charge in [0.2, 0.25) is 0 Å². The fourth-order valence-electron chi connectivity index (χ4n) is 2.19. The van der Waals surface area contributed by atoms with Crippen molar-refractivity contribution in [3.8, 4) is 0 Å². The standard InChI is InChI=1S/C18H17N5O/c19-11-16-10-17(21-12-20-16)22-15-8-4-5-13(9-15)18(24)23-14-6-2-1-3-7-14/h1-10,12H,11,19H2,(H,23,24)(H,20,21,22). The summed E-state index contributed by atoms with van der Waals surface area (Å²) in [4.78, 5) is 20.5. The van der Waals surface area contributed by atoms with E-state index in [1.165, 1.54) is 6.33 Å². The molecule has 120 valence electrons. The summed E-state index contributed by atoms with van der Waals surface area (Å²) in [6, 6.07) is 18.3. The molecule has 1 aromatic heterocycles. The van der Waals surface area contributed by atoms with Crippen LogP contribution in [0.4, 0.5) is 17.2 Å². The molecule has 0 atom stereocenters. The van der Waals surface area contributed by atoms with Gasteiger partial charge in [-0.2, -0.15) is 0 Å². The normalized spacial score (nSPS) is 10.2. The van der Waals surface area contributed by atoms with Crippen LogP contribution in [-0.4, -0.2) is 15.9 Å². The first-order valence-electron chi connectivity index (χ1n) is 7.49. The Labute approximate surface area is 139 Å². The van der Waals surface area contributed by atoms with Crippen molar-refractivity contribution in [2.24, 2.45) is 5.73 Å². The molecule has 0 fully saturated rings. The molecule has 6 nitrogen and oxygen atoms in total. The molecular formula is C18H17N5O. The summed E-state index contributed by atoms with van der Waals surface area (Å²) in [6.07, 6.45) is 1.45. The Morgan fingerprint density at radius 1 is 0.958 bits per heavy atom. The van der Waals surface area contributed by atoms with Gasteiger partial charge < -0.3 is 16.4 Å². The van der Waals surface area contributed by atoms with Crippen LogP contribution in [0.3, 0.4) is 0 Å². The molecule has 0 radical (unpaired) electrons. The van der Waals surface area contributed by atoms with Crippen LogP contribution >= 0.6 is 0 Å². The van der Waals surface area contributed by atoms with Crippen molar-refractivity contribution in [2.45, 2.75) is 6.54 Å². The second-order valence-corrected chi connectivity index (χ2v) is 5.12. The highest BCUT2D eigenvalue weighted by Gasteiger charge is 2.07. The first kappa shape index (κ1) is 15.6. The van der Waals surface area contributed by atoms with Crippen molar-refractivity contribution in [2.75, 3.05) is 10.6 Å². The zero-order valence-electron chi connectivity index (χ0n) is 12.9. The van der Waals surface area contributed by atoms with Crippen LogP contribution in [0.1, 0.15) is 16.1 Å². The Morgan fingerprint density at radius 2 is 1.75 bits per heavy atom. The number of para-hydroxylation sites is 1. The number of aromatic nitrogens is 2.